The summed E-state index contributed by atoms with van der Waals surface area (Å²) in [5.74, 6) is 1.17. The molecule has 190 valence electrons. The molecule has 0 aliphatic heterocycles. The first-order chi connectivity index (χ1) is 16.5. The summed E-state index contributed by atoms with van der Waals surface area (Å²) in [6.07, 6.45) is 6.13. The summed E-state index contributed by atoms with van der Waals surface area (Å²) >= 11 is 6.04. The van der Waals surface area contributed by atoms with Crippen LogP contribution in [0, 0.1) is 18.3 Å². The van der Waals surface area contributed by atoms with Crippen molar-refractivity contribution in [3.05, 3.63) is 45.8 Å². The minimum Gasteiger partial charge on any atom is -0.481 e. The lowest BCUT2D eigenvalue weighted by Gasteiger charge is -2.38. The lowest BCUT2D eigenvalue weighted by Crippen LogP contribution is -2.26. The molecule has 0 radical (unpaired) electrons. The van der Waals surface area contributed by atoms with Crippen molar-refractivity contribution in [2.45, 2.75) is 96.8 Å². The third-order valence-electron chi connectivity index (χ3n) is 7.26. The third kappa shape index (κ3) is 6.66. The molecule has 7 heteroatoms. The van der Waals surface area contributed by atoms with Crippen molar-refractivity contribution in [2.24, 2.45) is 11.3 Å². The van der Waals surface area contributed by atoms with Crippen molar-refractivity contribution in [1.82, 2.24) is 5.16 Å². The molecule has 2 aliphatic carbocycles. The van der Waals surface area contributed by atoms with Crippen LogP contribution in [0.1, 0.15) is 112 Å². The largest absolute Gasteiger partial charge is 0.481 e. The van der Waals surface area contributed by atoms with E-state index >= 15 is 0 Å². The smallest absolute Gasteiger partial charge is 0.303 e. The van der Waals surface area contributed by atoms with Crippen LogP contribution >= 0.6 is 11.6 Å². The van der Waals surface area contributed by atoms with Crippen molar-refractivity contribution >= 4 is 29.2 Å². The van der Waals surface area contributed by atoms with Gasteiger partial charge in [0.05, 0.1) is 5.69 Å². The maximum Gasteiger partial charge on any atom is 0.303 e. The molecule has 0 unspecified atom stereocenters. The minimum atomic E-state index is -0.871. The molecule has 1 atom stereocenters. The second-order valence-electron chi connectivity index (χ2n) is 11.8. The maximum atomic E-state index is 13.0. The highest BCUT2D eigenvalue weighted by Crippen LogP contribution is 2.53. The number of carbonyl (C=O) groups excluding carboxylic acids is 1. The summed E-state index contributed by atoms with van der Waals surface area (Å²) in [7, 11) is 0. The van der Waals surface area contributed by atoms with E-state index in [0.717, 1.165) is 48.3 Å². The lowest BCUT2D eigenvalue weighted by atomic mass is 9.66. The molecule has 2 fully saturated rings. The van der Waals surface area contributed by atoms with E-state index in [2.05, 4.69) is 31.2 Å². The van der Waals surface area contributed by atoms with E-state index in [1.807, 2.05) is 6.92 Å². The molecule has 4 rings (SSSR count). The molecule has 1 heterocycles. The van der Waals surface area contributed by atoms with Gasteiger partial charge in [-0.15, -0.1) is 0 Å². The summed E-state index contributed by atoms with van der Waals surface area (Å²) in [5.41, 5.74) is 3.87. The number of aryl methyl sites for hydroxylation is 1. The number of rotatable bonds is 10. The molecule has 2 aromatic rings. The van der Waals surface area contributed by atoms with Gasteiger partial charge in [-0.1, -0.05) is 37.5 Å². The average molecular weight is 501 g/mol. The van der Waals surface area contributed by atoms with Crippen molar-refractivity contribution in [3.63, 3.8) is 0 Å². The number of nitrogens with zero attached hydrogens (tertiary/aromatic N) is 1. The van der Waals surface area contributed by atoms with E-state index in [1.165, 1.54) is 6.42 Å². The van der Waals surface area contributed by atoms with Crippen LogP contribution in [0.2, 0.25) is 5.02 Å². The van der Waals surface area contributed by atoms with E-state index in [1.54, 1.807) is 18.2 Å². The first-order valence-corrected chi connectivity index (χ1v) is 13.1. The summed E-state index contributed by atoms with van der Waals surface area (Å²) < 4.78 is 5.96. The highest BCUT2D eigenvalue weighted by Gasteiger charge is 2.42. The molecule has 2 N–H and O–H groups in total. The van der Waals surface area contributed by atoms with Gasteiger partial charge in [-0.3, -0.25) is 9.59 Å². The number of benzene rings is 1. The number of aromatic nitrogens is 1. The van der Waals surface area contributed by atoms with Gasteiger partial charge in [0.2, 0.25) is 5.91 Å². The van der Waals surface area contributed by atoms with Crippen LogP contribution < -0.4 is 5.32 Å². The Labute approximate surface area is 212 Å². The van der Waals surface area contributed by atoms with E-state index < -0.39 is 5.97 Å². The first-order valence-electron chi connectivity index (χ1n) is 12.8. The highest BCUT2D eigenvalue weighted by molar-refractivity contribution is 6.30. The summed E-state index contributed by atoms with van der Waals surface area (Å²) in [4.78, 5) is 24.4. The second-order valence-corrected chi connectivity index (χ2v) is 12.2. The number of nitrogens with one attached hydrogen (secondary N) is 1. The minimum absolute atomic E-state index is 0.0126. The van der Waals surface area contributed by atoms with Crippen LogP contribution in [-0.2, 0) is 9.59 Å². The fourth-order valence-electron chi connectivity index (χ4n) is 5.50. The van der Waals surface area contributed by atoms with E-state index in [9.17, 15) is 14.7 Å². The Hall–Kier alpha value is -2.34. The predicted octanol–water partition coefficient (Wildman–Crippen LogP) is 7.42. The van der Waals surface area contributed by atoms with Crippen molar-refractivity contribution < 1.29 is 19.2 Å². The van der Waals surface area contributed by atoms with Crippen LogP contribution in [-0.4, -0.2) is 22.1 Å². The highest BCUT2D eigenvalue weighted by atomic mass is 35.5. The zero-order valence-corrected chi connectivity index (χ0v) is 22.0. The standard InChI is InChI=1S/C28H37ClN2O4/c1-16-11-21(29)8-9-22(16)30-23(32)14-19(7-10-24(33)34)26-25(18-5-6-18)27(35-31-26)20-12-17(13-20)15-28(2,3)4/h8-9,11,17-20H,5-7,10,12-15H2,1-4H3,(H,30,32)(H,33,34)/t17-,19-,20+/m0/s1. The number of carboxylic acid groups (broad SMARTS) is 1. The SMILES string of the molecule is Cc1cc(Cl)ccc1NC(=O)C[C@H](CCC(=O)O)c1noc([C@H]2C[C@@H](CC(C)(C)C)C2)c1C1CC1. The van der Waals surface area contributed by atoms with Crippen molar-refractivity contribution in [2.75, 3.05) is 5.32 Å². The summed E-state index contributed by atoms with van der Waals surface area (Å²) in [6.45, 7) is 8.74. The number of hydrogen-bond donors (Lipinski definition) is 2. The first kappa shape index (κ1) is 25.7. The van der Waals surface area contributed by atoms with E-state index in [0.29, 0.717) is 40.3 Å². The molecular formula is C28H37ClN2O4. The molecule has 1 aromatic carbocycles. The Kier molecular flexibility index (Phi) is 7.60. The van der Waals surface area contributed by atoms with Crippen molar-refractivity contribution in [1.29, 1.82) is 0 Å². The van der Waals surface area contributed by atoms with Gasteiger partial charge in [-0.2, -0.15) is 0 Å². The van der Waals surface area contributed by atoms with Crippen LogP contribution in [0.4, 0.5) is 5.69 Å². The number of carbonyl (C=O) groups is 2. The summed E-state index contributed by atoms with van der Waals surface area (Å²) in [6, 6.07) is 5.34. The monoisotopic (exact) mass is 500 g/mol. The van der Waals surface area contributed by atoms with Crippen LogP contribution in [0.5, 0.6) is 0 Å². The fraction of sp³-hybridized carbons (Fsp3) is 0.607. The fourth-order valence-corrected chi connectivity index (χ4v) is 5.73. The molecule has 0 saturated heterocycles. The lowest BCUT2D eigenvalue weighted by molar-refractivity contribution is -0.137. The molecule has 1 aromatic heterocycles. The van der Waals surface area contributed by atoms with Gasteiger partial charge in [-0.25, -0.2) is 0 Å². The van der Waals surface area contributed by atoms with E-state index in [-0.39, 0.29) is 24.7 Å². The zero-order valence-electron chi connectivity index (χ0n) is 21.2. The van der Waals surface area contributed by atoms with Crippen LogP contribution in [0.25, 0.3) is 0 Å². The number of aliphatic carboxylic acids is 1. The maximum absolute atomic E-state index is 13.0. The molecule has 6 nitrogen and oxygen atoms in total. The van der Waals surface area contributed by atoms with E-state index in [4.69, 9.17) is 16.1 Å². The number of carboxylic acids is 1. The van der Waals surface area contributed by atoms with Gasteiger partial charge in [0.25, 0.3) is 0 Å². The van der Waals surface area contributed by atoms with Crippen LogP contribution in [0.3, 0.4) is 0 Å². The van der Waals surface area contributed by atoms with Gasteiger partial charge >= 0.3 is 5.97 Å². The Morgan fingerprint density at radius 1 is 1.23 bits per heavy atom. The zero-order chi connectivity index (χ0) is 25.3. The van der Waals surface area contributed by atoms with Crippen LogP contribution in [0.15, 0.2) is 22.7 Å². The molecule has 35 heavy (non-hydrogen) atoms. The van der Waals surface area contributed by atoms with Gasteiger partial charge in [-0.05, 0) is 86.5 Å². The Balaban J connectivity index is 1.51. The van der Waals surface area contributed by atoms with Gasteiger partial charge in [0.1, 0.15) is 5.76 Å². The Morgan fingerprint density at radius 3 is 2.54 bits per heavy atom. The predicted molar refractivity (Wildman–Crippen MR) is 137 cm³/mol. The summed E-state index contributed by atoms with van der Waals surface area (Å²) in [5, 5.41) is 17.4. The second kappa shape index (κ2) is 10.3. The average Bonchev–Trinajstić information content (AvgIpc) is 3.47. The Bertz CT molecular complexity index is 1080. The molecule has 2 saturated carbocycles. The van der Waals surface area contributed by atoms with Gasteiger partial charge in [0.15, 0.2) is 0 Å². The molecule has 1 amide bonds. The Morgan fingerprint density at radius 2 is 1.94 bits per heavy atom. The van der Waals surface area contributed by atoms with Gasteiger partial charge < -0.3 is 14.9 Å². The number of halogens is 1. The molecule has 0 bridgehead atoms. The molecule has 0 spiro atoms. The number of anilines is 1. The number of hydrogen-bond acceptors (Lipinski definition) is 4. The third-order valence-corrected chi connectivity index (χ3v) is 7.50. The van der Waals surface area contributed by atoms with Crippen molar-refractivity contribution in [3.8, 4) is 0 Å². The molecule has 2 aliphatic rings. The molecular weight excluding hydrogens is 464 g/mol. The number of amides is 1. The van der Waals surface area contributed by atoms with Gasteiger partial charge in [0, 0.05) is 41.0 Å². The normalized spacial score (nSPS) is 20.8. The topological polar surface area (TPSA) is 92.4 Å². The quantitative estimate of drug-likeness (QED) is 0.354.